The minimum atomic E-state index is 0.340. The van der Waals surface area contributed by atoms with Crippen LogP contribution in [0.2, 0.25) is 5.02 Å². The molecule has 13 heavy (non-hydrogen) atoms. The molecule has 70 valence electrons. The van der Waals surface area contributed by atoms with E-state index in [1.807, 2.05) is 0 Å². The molecular formula is C9H11ClN2O. The second kappa shape index (κ2) is 3.52. The van der Waals surface area contributed by atoms with Gasteiger partial charge in [0, 0.05) is 18.3 Å². The van der Waals surface area contributed by atoms with E-state index in [1.54, 1.807) is 12.4 Å². The third-order valence-corrected chi connectivity index (χ3v) is 2.39. The van der Waals surface area contributed by atoms with E-state index < -0.39 is 0 Å². The second-order valence-corrected chi connectivity index (χ2v) is 3.51. The number of nitrogens with zero attached hydrogens (tertiary/aromatic N) is 1. The lowest BCUT2D eigenvalue weighted by atomic mass is 10.3. The lowest BCUT2D eigenvalue weighted by Gasteiger charge is -2.08. The molecule has 3 nitrogen and oxygen atoms in total. The highest BCUT2D eigenvalue weighted by molar-refractivity contribution is 6.32. The molecule has 1 aromatic heterocycles. The molecule has 0 bridgehead atoms. The van der Waals surface area contributed by atoms with Gasteiger partial charge in [-0.2, -0.15) is 0 Å². The molecule has 2 N–H and O–H groups in total. The number of rotatable bonds is 3. The van der Waals surface area contributed by atoms with Crippen LogP contribution in [0.25, 0.3) is 0 Å². The van der Waals surface area contributed by atoms with E-state index in [2.05, 4.69) is 4.98 Å². The first-order valence-electron chi connectivity index (χ1n) is 4.30. The van der Waals surface area contributed by atoms with Gasteiger partial charge in [-0.1, -0.05) is 11.6 Å². The number of ether oxygens (including phenoxy) is 1. The minimum absolute atomic E-state index is 0.340. The van der Waals surface area contributed by atoms with Gasteiger partial charge >= 0.3 is 0 Å². The van der Waals surface area contributed by atoms with Crippen molar-refractivity contribution in [3.8, 4) is 5.75 Å². The Kier molecular flexibility index (Phi) is 2.38. The summed E-state index contributed by atoms with van der Waals surface area (Å²) < 4.78 is 5.55. The summed E-state index contributed by atoms with van der Waals surface area (Å²) in [6.45, 7) is 0.397. The Bertz CT molecular complexity index is 312. The zero-order valence-electron chi connectivity index (χ0n) is 7.16. The van der Waals surface area contributed by atoms with Crippen LogP contribution in [0.5, 0.6) is 5.75 Å². The predicted molar refractivity (Wildman–Crippen MR) is 50.8 cm³/mol. The predicted octanol–water partition coefficient (Wildman–Crippen LogP) is 1.73. The maximum absolute atomic E-state index is 6.04. The van der Waals surface area contributed by atoms with Crippen LogP contribution in [-0.2, 0) is 6.54 Å². The van der Waals surface area contributed by atoms with Gasteiger partial charge in [0.15, 0.2) is 5.75 Å². The van der Waals surface area contributed by atoms with Crippen LogP contribution in [0, 0.1) is 0 Å². The van der Waals surface area contributed by atoms with Crippen molar-refractivity contribution in [1.29, 1.82) is 0 Å². The highest BCUT2D eigenvalue weighted by atomic mass is 35.5. The number of halogens is 1. The SMILES string of the molecule is NCc1cncc(OC2CC2)c1Cl. The van der Waals surface area contributed by atoms with Crippen molar-refractivity contribution in [2.75, 3.05) is 0 Å². The molecule has 1 aromatic rings. The fraction of sp³-hybridized carbons (Fsp3) is 0.444. The third-order valence-electron chi connectivity index (χ3n) is 1.96. The summed E-state index contributed by atoms with van der Waals surface area (Å²) in [7, 11) is 0. The van der Waals surface area contributed by atoms with Crippen molar-refractivity contribution in [1.82, 2.24) is 4.98 Å². The van der Waals surface area contributed by atoms with Gasteiger partial charge in [0.2, 0.25) is 0 Å². The van der Waals surface area contributed by atoms with Crippen molar-refractivity contribution >= 4 is 11.6 Å². The molecule has 0 aliphatic heterocycles. The smallest absolute Gasteiger partial charge is 0.156 e. The molecule has 1 fully saturated rings. The lowest BCUT2D eigenvalue weighted by Crippen LogP contribution is -2.02. The second-order valence-electron chi connectivity index (χ2n) is 3.13. The highest BCUT2D eigenvalue weighted by Crippen LogP contribution is 2.32. The molecule has 1 aliphatic carbocycles. The Morgan fingerprint density at radius 2 is 2.31 bits per heavy atom. The fourth-order valence-electron chi connectivity index (χ4n) is 1.06. The van der Waals surface area contributed by atoms with E-state index in [4.69, 9.17) is 22.1 Å². The number of hydrogen-bond acceptors (Lipinski definition) is 3. The average molecular weight is 199 g/mol. The molecule has 0 atom stereocenters. The summed E-state index contributed by atoms with van der Waals surface area (Å²) >= 11 is 6.04. The first-order valence-corrected chi connectivity index (χ1v) is 4.68. The Morgan fingerprint density at radius 1 is 1.54 bits per heavy atom. The Hall–Kier alpha value is -0.800. The van der Waals surface area contributed by atoms with Gasteiger partial charge in [0.25, 0.3) is 0 Å². The summed E-state index contributed by atoms with van der Waals surface area (Å²) in [6.07, 6.45) is 5.88. The maximum Gasteiger partial charge on any atom is 0.156 e. The Labute approximate surface area is 81.9 Å². The standard InChI is InChI=1S/C9H11ClN2O/c10-9-6(3-11)4-12-5-8(9)13-7-1-2-7/h4-5,7H,1-3,11H2. The van der Waals surface area contributed by atoms with E-state index in [1.165, 1.54) is 0 Å². The van der Waals surface area contributed by atoms with E-state index in [0.717, 1.165) is 18.4 Å². The summed E-state index contributed by atoms with van der Waals surface area (Å²) in [6, 6.07) is 0. The van der Waals surface area contributed by atoms with Crippen LogP contribution in [0.4, 0.5) is 0 Å². The summed E-state index contributed by atoms with van der Waals surface area (Å²) in [4.78, 5) is 4.01. The quantitative estimate of drug-likeness (QED) is 0.805. The molecular weight excluding hydrogens is 188 g/mol. The van der Waals surface area contributed by atoms with Crippen molar-refractivity contribution < 1.29 is 4.74 Å². The van der Waals surface area contributed by atoms with Crippen molar-refractivity contribution in [3.05, 3.63) is 23.0 Å². The summed E-state index contributed by atoms with van der Waals surface area (Å²) in [5, 5.41) is 0.601. The normalized spacial score (nSPS) is 15.8. The van der Waals surface area contributed by atoms with Crippen LogP contribution in [0.1, 0.15) is 18.4 Å². The van der Waals surface area contributed by atoms with Gasteiger partial charge in [-0.3, -0.25) is 4.98 Å². The van der Waals surface area contributed by atoms with Gasteiger partial charge in [-0.15, -0.1) is 0 Å². The summed E-state index contributed by atoms with van der Waals surface area (Å²) in [5.41, 5.74) is 6.32. The number of aromatic nitrogens is 1. The van der Waals surface area contributed by atoms with Crippen LogP contribution in [-0.4, -0.2) is 11.1 Å². The Morgan fingerprint density at radius 3 is 2.92 bits per heavy atom. The molecule has 1 saturated carbocycles. The van der Waals surface area contributed by atoms with E-state index in [9.17, 15) is 0 Å². The van der Waals surface area contributed by atoms with Crippen molar-refractivity contribution in [2.24, 2.45) is 5.73 Å². The monoisotopic (exact) mass is 198 g/mol. The number of hydrogen-bond donors (Lipinski definition) is 1. The van der Waals surface area contributed by atoms with E-state index >= 15 is 0 Å². The van der Waals surface area contributed by atoms with Gasteiger partial charge in [-0.05, 0) is 12.8 Å². The Balaban J connectivity index is 2.22. The van der Waals surface area contributed by atoms with Gasteiger partial charge in [0.05, 0.1) is 17.3 Å². The average Bonchev–Trinajstić information content (AvgIpc) is 2.92. The highest BCUT2D eigenvalue weighted by Gasteiger charge is 2.24. The van der Waals surface area contributed by atoms with Crippen molar-refractivity contribution in [3.63, 3.8) is 0 Å². The third kappa shape index (κ3) is 1.92. The molecule has 4 heteroatoms. The largest absolute Gasteiger partial charge is 0.487 e. The molecule has 0 saturated heterocycles. The first-order chi connectivity index (χ1) is 6.31. The van der Waals surface area contributed by atoms with E-state index in [-0.39, 0.29) is 0 Å². The zero-order chi connectivity index (χ0) is 9.26. The topological polar surface area (TPSA) is 48.1 Å². The molecule has 0 aromatic carbocycles. The maximum atomic E-state index is 6.04. The van der Waals surface area contributed by atoms with Crippen LogP contribution in [0.15, 0.2) is 12.4 Å². The number of pyridine rings is 1. The first kappa shape index (κ1) is 8.78. The molecule has 1 heterocycles. The lowest BCUT2D eigenvalue weighted by molar-refractivity contribution is 0.302. The summed E-state index contributed by atoms with van der Waals surface area (Å²) in [5.74, 6) is 0.659. The molecule has 2 rings (SSSR count). The van der Waals surface area contributed by atoms with Gasteiger partial charge in [0.1, 0.15) is 0 Å². The fourth-order valence-corrected chi connectivity index (χ4v) is 1.28. The number of nitrogens with two attached hydrogens (primary N) is 1. The molecule has 1 aliphatic rings. The minimum Gasteiger partial charge on any atom is -0.487 e. The van der Waals surface area contributed by atoms with Crippen LogP contribution >= 0.6 is 11.6 Å². The molecule has 0 radical (unpaired) electrons. The zero-order valence-corrected chi connectivity index (χ0v) is 7.92. The molecule has 0 amide bonds. The molecule has 0 unspecified atom stereocenters. The van der Waals surface area contributed by atoms with Crippen molar-refractivity contribution in [2.45, 2.75) is 25.5 Å². The van der Waals surface area contributed by atoms with Crippen LogP contribution < -0.4 is 10.5 Å². The van der Waals surface area contributed by atoms with E-state index in [0.29, 0.717) is 23.4 Å². The molecule has 0 spiro atoms. The van der Waals surface area contributed by atoms with Gasteiger partial charge < -0.3 is 10.5 Å². The van der Waals surface area contributed by atoms with Gasteiger partial charge in [-0.25, -0.2) is 0 Å². The van der Waals surface area contributed by atoms with Crippen LogP contribution in [0.3, 0.4) is 0 Å².